The first-order valence-electron chi connectivity index (χ1n) is 5.42. The van der Waals surface area contributed by atoms with Gasteiger partial charge in [0.1, 0.15) is 6.33 Å². The number of methoxy groups -OCH3 is 1. The summed E-state index contributed by atoms with van der Waals surface area (Å²) in [5.41, 5.74) is 2.46. The van der Waals surface area contributed by atoms with Crippen molar-refractivity contribution in [1.29, 1.82) is 0 Å². The van der Waals surface area contributed by atoms with E-state index >= 15 is 0 Å². The molecule has 0 aromatic carbocycles. The van der Waals surface area contributed by atoms with Gasteiger partial charge in [-0.3, -0.25) is 0 Å². The minimum absolute atomic E-state index is 0.115. The summed E-state index contributed by atoms with van der Waals surface area (Å²) in [5.74, 6) is 6.84. The van der Waals surface area contributed by atoms with E-state index in [1.54, 1.807) is 0 Å². The summed E-state index contributed by atoms with van der Waals surface area (Å²) in [7, 11) is 1.54. The average molecular weight is 241 g/mol. The highest BCUT2D eigenvalue weighted by Crippen LogP contribution is 2.28. The van der Waals surface area contributed by atoms with Crippen molar-refractivity contribution in [3.8, 4) is 5.75 Å². The first kappa shape index (κ1) is 13.5. The molecule has 0 aliphatic heterocycles. The minimum Gasteiger partial charge on any atom is -0.490 e. The Balaban J connectivity index is 2.75. The van der Waals surface area contributed by atoms with Gasteiger partial charge in [0.2, 0.25) is 5.75 Å². The second kappa shape index (κ2) is 6.87. The number of hydrogen-bond acceptors (Lipinski definition) is 7. The summed E-state index contributed by atoms with van der Waals surface area (Å²) < 4.78 is 10.5. The van der Waals surface area contributed by atoms with Crippen LogP contribution in [0.3, 0.4) is 0 Å². The molecule has 0 saturated carbocycles. The lowest BCUT2D eigenvalue weighted by atomic mass is 10.3. The van der Waals surface area contributed by atoms with Crippen molar-refractivity contribution in [2.75, 3.05) is 31.1 Å². The van der Waals surface area contributed by atoms with Crippen molar-refractivity contribution in [2.45, 2.75) is 19.9 Å². The number of nitrogens with zero attached hydrogens (tertiary/aromatic N) is 2. The van der Waals surface area contributed by atoms with Gasteiger partial charge in [0, 0.05) is 12.6 Å². The maximum absolute atomic E-state index is 5.33. The minimum atomic E-state index is 0.115. The Bertz CT molecular complexity index is 347. The molecule has 1 rings (SSSR count). The van der Waals surface area contributed by atoms with E-state index in [4.69, 9.17) is 15.3 Å². The molecule has 0 amide bonds. The van der Waals surface area contributed by atoms with E-state index in [0.29, 0.717) is 30.6 Å². The zero-order chi connectivity index (χ0) is 12.7. The van der Waals surface area contributed by atoms with Crippen molar-refractivity contribution in [3.63, 3.8) is 0 Å². The molecule has 4 N–H and O–H groups in total. The quantitative estimate of drug-likeness (QED) is 0.475. The lowest BCUT2D eigenvalue weighted by Gasteiger charge is -2.17. The Morgan fingerprint density at radius 2 is 2.12 bits per heavy atom. The van der Waals surface area contributed by atoms with E-state index in [9.17, 15) is 0 Å². The van der Waals surface area contributed by atoms with Crippen LogP contribution in [-0.4, -0.2) is 36.3 Å². The third-order valence-corrected chi connectivity index (χ3v) is 2.10. The molecule has 0 bridgehead atoms. The number of nitrogen functional groups attached to an aromatic ring is 1. The molecule has 96 valence electrons. The summed E-state index contributed by atoms with van der Waals surface area (Å²) in [4.78, 5) is 8.06. The molecule has 0 radical (unpaired) electrons. The molecule has 0 aliphatic rings. The molecule has 17 heavy (non-hydrogen) atoms. The normalized spacial score (nSPS) is 12.0. The second-order valence-electron chi connectivity index (χ2n) is 3.45. The maximum atomic E-state index is 5.33. The van der Waals surface area contributed by atoms with Gasteiger partial charge in [0.25, 0.3) is 0 Å². The van der Waals surface area contributed by atoms with Gasteiger partial charge in [0.05, 0.1) is 13.7 Å². The molecule has 7 nitrogen and oxygen atoms in total. The van der Waals surface area contributed by atoms with Crippen molar-refractivity contribution in [1.82, 2.24) is 9.97 Å². The SMILES string of the molecule is CCOCC(C)Nc1ncnc(NN)c1OC. The fourth-order valence-electron chi connectivity index (χ4n) is 1.34. The van der Waals surface area contributed by atoms with Crippen LogP contribution >= 0.6 is 0 Å². The van der Waals surface area contributed by atoms with Gasteiger partial charge in [-0.1, -0.05) is 0 Å². The third-order valence-electron chi connectivity index (χ3n) is 2.10. The maximum Gasteiger partial charge on any atom is 0.205 e. The smallest absolute Gasteiger partial charge is 0.205 e. The van der Waals surface area contributed by atoms with Crippen LogP contribution < -0.4 is 21.3 Å². The fraction of sp³-hybridized carbons (Fsp3) is 0.600. The van der Waals surface area contributed by atoms with Crippen molar-refractivity contribution in [2.24, 2.45) is 5.84 Å². The Labute approximate surface area is 101 Å². The summed E-state index contributed by atoms with van der Waals surface area (Å²) in [5, 5.41) is 3.17. The topological polar surface area (TPSA) is 94.3 Å². The number of aromatic nitrogens is 2. The highest BCUT2D eigenvalue weighted by atomic mass is 16.5. The molecular weight excluding hydrogens is 222 g/mol. The molecule has 0 saturated heterocycles. The van der Waals surface area contributed by atoms with Crippen molar-refractivity contribution >= 4 is 11.6 Å². The Morgan fingerprint density at radius 1 is 1.41 bits per heavy atom. The molecule has 7 heteroatoms. The van der Waals surface area contributed by atoms with Crippen LogP contribution in [0.4, 0.5) is 11.6 Å². The number of nitrogens with two attached hydrogens (primary N) is 1. The zero-order valence-corrected chi connectivity index (χ0v) is 10.4. The van der Waals surface area contributed by atoms with E-state index in [1.807, 2.05) is 13.8 Å². The predicted molar refractivity (Wildman–Crippen MR) is 66.0 cm³/mol. The van der Waals surface area contributed by atoms with E-state index in [2.05, 4.69) is 20.7 Å². The second-order valence-corrected chi connectivity index (χ2v) is 3.45. The lowest BCUT2D eigenvalue weighted by molar-refractivity contribution is 0.141. The highest BCUT2D eigenvalue weighted by molar-refractivity contribution is 5.63. The van der Waals surface area contributed by atoms with Gasteiger partial charge < -0.3 is 20.2 Å². The van der Waals surface area contributed by atoms with Crippen LogP contribution in [0.25, 0.3) is 0 Å². The summed E-state index contributed by atoms with van der Waals surface area (Å²) in [6.07, 6.45) is 1.41. The monoisotopic (exact) mass is 241 g/mol. The molecule has 1 heterocycles. The molecule has 1 atom stereocenters. The van der Waals surface area contributed by atoms with Crippen LogP contribution in [0.15, 0.2) is 6.33 Å². The van der Waals surface area contributed by atoms with Gasteiger partial charge in [-0.25, -0.2) is 15.8 Å². The van der Waals surface area contributed by atoms with Gasteiger partial charge in [-0.15, -0.1) is 0 Å². The first-order valence-corrected chi connectivity index (χ1v) is 5.42. The van der Waals surface area contributed by atoms with Gasteiger partial charge in [-0.05, 0) is 13.8 Å². The van der Waals surface area contributed by atoms with Crippen molar-refractivity contribution < 1.29 is 9.47 Å². The summed E-state index contributed by atoms with van der Waals surface area (Å²) in [6.45, 7) is 5.22. The number of rotatable bonds is 7. The average Bonchev–Trinajstić information content (AvgIpc) is 2.35. The van der Waals surface area contributed by atoms with Crippen molar-refractivity contribution in [3.05, 3.63) is 6.33 Å². The van der Waals surface area contributed by atoms with Crippen LogP contribution in [0.5, 0.6) is 5.75 Å². The third kappa shape index (κ3) is 3.72. The molecule has 0 spiro atoms. The van der Waals surface area contributed by atoms with E-state index in [-0.39, 0.29) is 6.04 Å². The molecule has 1 unspecified atom stereocenters. The Kier molecular flexibility index (Phi) is 5.44. The van der Waals surface area contributed by atoms with E-state index in [1.165, 1.54) is 13.4 Å². The predicted octanol–water partition coefficient (Wildman–Crippen LogP) is 0.608. The summed E-state index contributed by atoms with van der Waals surface area (Å²) in [6, 6.07) is 0.115. The van der Waals surface area contributed by atoms with E-state index in [0.717, 1.165) is 0 Å². The standard InChI is InChI=1S/C10H19N5O2/c1-4-17-5-7(2)14-9-8(16-3)10(15-11)13-6-12-9/h6-7H,4-5,11H2,1-3H3,(H2,12,13,14,15). The summed E-state index contributed by atoms with van der Waals surface area (Å²) >= 11 is 0. The Hall–Kier alpha value is -1.60. The number of hydrogen-bond donors (Lipinski definition) is 3. The molecule has 1 aromatic rings. The highest BCUT2D eigenvalue weighted by Gasteiger charge is 2.13. The number of ether oxygens (including phenoxy) is 2. The molecule has 0 aliphatic carbocycles. The number of hydrazine groups is 1. The number of anilines is 2. The van der Waals surface area contributed by atoms with Crippen LogP contribution in [0.2, 0.25) is 0 Å². The zero-order valence-electron chi connectivity index (χ0n) is 10.4. The van der Waals surface area contributed by atoms with Gasteiger partial charge in [-0.2, -0.15) is 0 Å². The largest absolute Gasteiger partial charge is 0.490 e. The Morgan fingerprint density at radius 3 is 2.71 bits per heavy atom. The van der Waals surface area contributed by atoms with Crippen LogP contribution in [0, 0.1) is 0 Å². The molecular formula is C10H19N5O2. The molecule has 1 aromatic heterocycles. The fourth-order valence-corrected chi connectivity index (χ4v) is 1.34. The van der Waals surface area contributed by atoms with Crippen LogP contribution in [-0.2, 0) is 4.74 Å². The van der Waals surface area contributed by atoms with Gasteiger partial charge >= 0.3 is 0 Å². The molecule has 0 fully saturated rings. The van der Waals surface area contributed by atoms with E-state index < -0.39 is 0 Å². The lowest BCUT2D eigenvalue weighted by Crippen LogP contribution is -2.23. The first-order chi connectivity index (χ1) is 8.22. The van der Waals surface area contributed by atoms with Crippen LogP contribution in [0.1, 0.15) is 13.8 Å². The number of nitrogens with one attached hydrogen (secondary N) is 2. The van der Waals surface area contributed by atoms with Gasteiger partial charge in [0.15, 0.2) is 11.6 Å².